The van der Waals surface area contributed by atoms with E-state index >= 15 is 0 Å². The lowest BCUT2D eigenvalue weighted by molar-refractivity contribution is -0.114. The molecule has 2 amide bonds. The number of ether oxygens (including phenoxy) is 1. The van der Waals surface area contributed by atoms with Crippen molar-refractivity contribution < 1.29 is 18.7 Å². The van der Waals surface area contributed by atoms with Crippen molar-refractivity contribution in [3.8, 4) is 17.2 Å². The summed E-state index contributed by atoms with van der Waals surface area (Å²) in [6.07, 6.45) is 6.12. The number of oxazole rings is 1. The Hall–Kier alpha value is -4.94. The molecule has 36 heavy (non-hydrogen) atoms. The maximum absolute atomic E-state index is 12.1. The van der Waals surface area contributed by atoms with Crippen molar-refractivity contribution in [2.24, 2.45) is 5.73 Å². The highest BCUT2D eigenvalue weighted by molar-refractivity contribution is 5.98. The van der Waals surface area contributed by atoms with E-state index in [4.69, 9.17) is 14.9 Å². The van der Waals surface area contributed by atoms with E-state index < -0.39 is 5.91 Å². The number of primary amides is 1. The van der Waals surface area contributed by atoms with E-state index in [0.29, 0.717) is 22.7 Å². The second kappa shape index (κ2) is 10.1. The summed E-state index contributed by atoms with van der Waals surface area (Å²) in [4.78, 5) is 36.3. The predicted molar refractivity (Wildman–Crippen MR) is 133 cm³/mol. The normalized spacial score (nSPS) is 10.8. The Labute approximate surface area is 206 Å². The van der Waals surface area contributed by atoms with Gasteiger partial charge in [-0.05, 0) is 26.0 Å². The molecular weight excluding hydrogens is 466 g/mol. The van der Waals surface area contributed by atoms with Gasteiger partial charge in [0.2, 0.25) is 17.7 Å². The molecular formula is C23H25N9O4. The summed E-state index contributed by atoms with van der Waals surface area (Å²) in [5.41, 5.74) is 7.29. The van der Waals surface area contributed by atoms with Crippen LogP contribution in [-0.4, -0.2) is 43.7 Å². The molecule has 0 saturated heterocycles. The molecule has 4 aromatic rings. The van der Waals surface area contributed by atoms with E-state index in [0.717, 1.165) is 0 Å². The minimum atomic E-state index is -0.709. The fourth-order valence-electron chi connectivity index (χ4n) is 3.32. The number of anilines is 5. The second-order valence-electron chi connectivity index (χ2n) is 7.98. The molecule has 0 aliphatic heterocycles. The Morgan fingerprint density at radius 2 is 1.97 bits per heavy atom. The van der Waals surface area contributed by atoms with E-state index in [-0.39, 0.29) is 41.0 Å². The molecule has 0 atom stereocenters. The number of nitrogens with zero attached hydrogens (tertiary/aromatic N) is 5. The standard InChI is InChI=1S/C23H25N9O4/c1-12(2)32-10-14(8-26-32)28-23-25-9-16(20(24)34)21(31-23)29-17-7-5-6-15(19(17)35-4)22-30-18(11-36-22)27-13(3)33/h5-12H,1-4H3,(H2,24,34)(H,27,33)(H2,25,28,29,31). The zero-order chi connectivity index (χ0) is 25.8. The van der Waals surface area contributed by atoms with Crippen LogP contribution in [0.2, 0.25) is 0 Å². The van der Waals surface area contributed by atoms with Crippen LogP contribution in [0.3, 0.4) is 0 Å². The lowest BCUT2D eigenvalue weighted by atomic mass is 10.1. The topological polar surface area (TPSA) is 175 Å². The van der Waals surface area contributed by atoms with Gasteiger partial charge in [-0.1, -0.05) is 6.07 Å². The monoisotopic (exact) mass is 491 g/mol. The first-order chi connectivity index (χ1) is 17.2. The fourth-order valence-corrected chi connectivity index (χ4v) is 3.32. The third kappa shape index (κ3) is 5.24. The summed E-state index contributed by atoms with van der Waals surface area (Å²) in [6.45, 7) is 5.39. The highest BCUT2D eigenvalue weighted by Gasteiger charge is 2.19. The largest absolute Gasteiger partial charge is 0.494 e. The molecule has 0 spiro atoms. The number of hydrogen-bond acceptors (Lipinski definition) is 10. The van der Waals surface area contributed by atoms with Gasteiger partial charge in [0.15, 0.2) is 11.6 Å². The number of amides is 2. The average molecular weight is 492 g/mol. The Morgan fingerprint density at radius 3 is 2.64 bits per heavy atom. The second-order valence-corrected chi connectivity index (χ2v) is 7.98. The third-order valence-corrected chi connectivity index (χ3v) is 4.95. The molecule has 3 aromatic heterocycles. The summed E-state index contributed by atoms with van der Waals surface area (Å²) in [5, 5.41) is 13.0. The van der Waals surface area contributed by atoms with Gasteiger partial charge in [-0.15, -0.1) is 0 Å². The first-order valence-electron chi connectivity index (χ1n) is 10.9. The average Bonchev–Trinajstić information content (AvgIpc) is 3.48. The van der Waals surface area contributed by atoms with Gasteiger partial charge in [0, 0.05) is 25.4 Å². The highest BCUT2D eigenvalue weighted by Crippen LogP contribution is 2.38. The molecule has 0 fully saturated rings. The number of methoxy groups -OCH3 is 1. The summed E-state index contributed by atoms with van der Waals surface area (Å²) in [7, 11) is 1.48. The Kier molecular flexibility index (Phi) is 6.81. The van der Waals surface area contributed by atoms with Crippen LogP contribution in [0, 0.1) is 0 Å². The molecule has 0 aliphatic rings. The number of carbonyl (C=O) groups is 2. The molecule has 0 radical (unpaired) electrons. The lowest BCUT2D eigenvalue weighted by Gasteiger charge is -2.15. The van der Waals surface area contributed by atoms with Crippen LogP contribution in [0.25, 0.3) is 11.5 Å². The maximum atomic E-state index is 12.1. The van der Waals surface area contributed by atoms with Gasteiger partial charge >= 0.3 is 0 Å². The van der Waals surface area contributed by atoms with Gasteiger partial charge in [0.1, 0.15) is 17.6 Å². The molecule has 0 bridgehead atoms. The first-order valence-corrected chi connectivity index (χ1v) is 10.9. The fraction of sp³-hybridized carbons (Fsp3) is 0.217. The first kappa shape index (κ1) is 24.2. The minimum Gasteiger partial charge on any atom is -0.494 e. The number of benzene rings is 1. The smallest absolute Gasteiger partial charge is 0.254 e. The van der Waals surface area contributed by atoms with E-state index in [1.54, 1.807) is 29.1 Å². The van der Waals surface area contributed by atoms with Crippen molar-refractivity contribution in [3.05, 3.63) is 48.6 Å². The Balaban J connectivity index is 1.67. The van der Waals surface area contributed by atoms with Crippen LogP contribution >= 0.6 is 0 Å². The highest BCUT2D eigenvalue weighted by atomic mass is 16.5. The van der Waals surface area contributed by atoms with Crippen molar-refractivity contribution in [3.63, 3.8) is 0 Å². The van der Waals surface area contributed by atoms with Crippen LogP contribution < -0.4 is 26.4 Å². The molecule has 5 N–H and O–H groups in total. The van der Waals surface area contributed by atoms with Crippen LogP contribution in [0.15, 0.2) is 47.5 Å². The van der Waals surface area contributed by atoms with E-state index in [1.807, 2.05) is 20.0 Å². The SMILES string of the molecule is COc1c(Nc2nc(Nc3cnn(C(C)C)c3)ncc2C(N)=O)cccc1-c1nc(NC(C)=O)co1. The lowest BCUT2D eigenvalue weighted by Crippen LogP contribution is -2.16. The van der Waals surface area contributed by atoms with Crippen LogP contribution in [0.5, 0.6) is 5.75 Å². The molecule has 1 aromatic carbocycles. The molecule has 3 heterocycles. The number of nitrogens with two attached hydrogens (primary N) is 1. The van der Waals surface area contributed by atoms with Gasteiger partial charge in [0.05, 0.1) is 30.2 Å². The minimum absolute atomic E-state index is 0.0787. The van der Waals surface area contributed by atoms with Gasteiger partial charge < -0.3 is 30.8 Å². The zero-order valence-electron chi connectivity index (χ0n) is 20.1. The Bertz CT molecular complexity index is 1410. The summed E-state index contributed by atoms with van der Waals surface area (Å²) in [5.74, 6) is 0.269. The number of hydrogen-bond donors (Lipinski definition) is 4. The Morgan fingerprint density at radius 1 is 1.17 bits per heavy atom. The van der Waals surface area contributed by atoms with Crippen LogP contribution in [0.1, 0.15) is 37.2 Å². The van der Waals surface area contributed by atoms with Crippen molar-refractivity contribution >= 4 is 40.8 Å². The van der Waals surface area contributed by atoms with E-state index in [2.05, 4.69) is 36.0 Å². The van der Waals surface area contributed by atoms with Gasteiger partial charge in [0.25, 0.3) is 5.91 Å². The molecule has 186 valence electrons. The zero-order valence-corrected chi connectivity index (χ0v) is 20.1. The molecule has 4 rings (SSSR count). The quantitative estimate of drug-likeness (QED) is 0.271. The number of para-hydroxylation sites is 1. The molecule has 0 unspecified atom stereocenters. The molecule has 0 saturated carbocycles. The molecule has 0 aliphatic carbocycles. The number of nitrogens with one attached hydrogen (secondary N) is 3. The van der Waals surface area contributed by atoms with Gasteiger partial charge in [-0.25, -0.2) is 4.98 Å². The van der Waals surface area contributed by atoms with Crippen molar-refractivity contribution in [1.29, 1.82) is 0 Å². The third-order valence-electron chi connectivity index (χ3n) is 4.95. The summed E-state index contributed by atoms with van der Waals surface area (Å²) < 4.78 is 12.9. The van der Waals surface area contributed by atoms with Crippen molar-refractivity contribution in [2.75, 3.05) is 23.1 Å². The van der Waals surface area contributed by atoms with Crippen molar-refractivity contribution in [1.82, 2.24) is 24.7 Å². The van der Waals surface area contributed by atoms with Gasteiger partial charge in [-0.3, -0.25) is 14.3 Å². The molecule has 13 heteroatoms. The predicted octanol–water partition coefficient (Wildman–Crippen LogP) is 3.46. The summed E-state index contributed by atoms with van der Waals surface area (Å²) >= 11 is 0. The number of carbonyl (C=O) groups excluding carboxylic acids is 2. The number of rotatable bonds is 9. The van der Waals surface area contributed by atoms with Crippen LogP contribution in [0.4, 0.5) is 29.0 Å². The summed E-state index contributed by atoms with van der Waals surface area (Å²) in [6, 6.07) is 5.40. The van der Waals surface area contributed by atoms with Crippen LogP contribution in [-0.2, 0) is 4.79 Å². The number of aromatic nitrogens is 5. The molecule has 13 nitrogen and oxygen atoms in total. The van der Waals surface area contributed by atoms with Gasteiger partial charge in [-0.2, -0.15) is 15.1 Å². The van der Waals surface area contributed by atoms with E-state index in [9.17, 15) is 9.59 Å². The van der Waals surface area contributed by atoms with Crippen molar-refractivity contribution in [2.45, 2.75) is 26.8 Å². The maximum Gasteiger partial charge on any atom is 0.254 e. The van der Waals surface area contributed by atoms with E-state index in [1.165, 1.54) is 26.5 Å².